The quantitative estimate of drug-likeness (QED) is 0.831. The minimum atomic E-state index is 0.461. The second-order valence-electron chi connectivity index (χ2n) is 6.18. The van der Waals surface area contributed by atoms with Crippen molar-refractivity contribution in [3.05, 3.63) is 46.2 Å². The van der Waals surface area contributed by atoms with Gasteiger partial charge in [0.25, 0.3) is 0 Å². The molecular weight excluding hydrogens is 324 g/mol. The molecule has 2 heterocycles. The maximum Gasteiger partial charge on any atom is 0.173 e. The Bertz CT molecular complexity index is 706. The Kier molecular flexibility index (Phi) is 3.99. The van der Waals surface area contributed by atoms with E-state index in [2.05, 4.69) is 21.7 Å². The van der Waals surface area contributed by atoms with Crippen molar-refractivity contribution < 1.29 is 4.74 Å². The van der Waals surface area contributed by atoms with Crippen molar-refractivity contribution in [2.45, 2.75) is 25.3 Å². The first-order valence-corrected chi connectivity index (χ1v) is 9.33. The highest BCUT2D eigenvalue weighted by Crippen LogP contribution is 2.48. The molecule has 0 unspecified atom stereocenters. The molecule has 1 N–H and O–H groups in total. The Labute approximate surface area is 146 Å². The molecule has 1 saturated carbocycles. The number of fused-ring (bicyclic) bond motifs is 1. The number of thiocarbonyl (C=S) groups is 1. The van der Waals surface area contributed by atoms with Gasteiger partial charge in [-0.25, -0.2) is 0 Å². The molecule has 1 aliphatic heterocycles. The average molecular weight is 345 g/mol. The van der Waals surface area contributed by atoms with Crippen LogP contribution in [0.15, 0.2) is 35.7 Å². The van der Waals surface area contributed by atoms with Gasteiger partial charge in [-0.1, -0.05) is 0 Å². The topological polar surface area (TPSA) is 24.5 Å². The van der Waals surface area contributed by atoms with E-state index in [-0.39, 0.29) is 0 Å². The third-order valence-electron chi connectivity index (χ3n) is 4.68. The van der Waals surface area contributed by atoms with Gasteiger partial charge in [0.2, 0.25) is 0 Å². The van der Waals surface area contributed by atoms with Crippen LogP contribution < -0.4 is 10.1 Å². The summed E-state index contributed by atoms with van der Waals surface area (Å²) in [7, 11) is 1.68. The van der Waals surface area contributed by atoms with E-state index in [4.69, 9.17) is 17.0 Å². The van der Waals surface area contributed by atoms with Crippen LogP contribution in [-0.4, -0.2) is 23.7 Å². The number of benzene rings is 1. The van der Waals surface area contributed by atoms with E-state index in [1.807, 2.05) is 35.6 Å². The number of anilines is 1. The molecule has 0 bridgehead atoms. The van der Waals surface area contributed by atoms with E-state index in [1.165, 1.54) is 18.4 Å². The summed E-state index contributed by atoms with van der Waals surface area (Å²) in [5.41, 5.74) is 2.52. The number of nitrogens with zero attached hydrogens (tertiary/aromatic N) is 1. The van der Waals surface area contributed by atoms with E-state index < -0.39 is 0 Å². The van der Waals surface area contributed by atoms with E-state index in [1.54, 1.807) is 12.0 Å². The fraction of sp³-hybridized carbons (Fsp3) is 0.389. The van der Waals surface area contributed by atoms with Crippen LogP contribution in [0.1, 0.15) is 29.3 Å². The molecule has 1 fully saturated rings. The molecule has 4 rings (SSSR count). The molecule has 1 aromatic carbocycles. The normalized spacial score (nSPS) is 20.0. The largest absolute Gasteiger partial charge is 0.497 e. The summed E-state index contributed by atoms with van der Waals surface area (Å²) in [6, 6.07) is 10.7. The summed E-state index contributed by atoms with van der Waals surface area (Å²) in [5.74, 6) is 1.62. The zero-order valence-corrected chi connectivity index (χ0v) is 14.8. The lowest BCUT2D eigenvalue weighted by molar-refractivity contribution is 0.276. The fourth-order valence-corrected chi connectivity index (χ4v) is 4.60. The first-order valence-electron chi connectivity index (χ1n) is 8.04. The highest BCUT2D eigenvalue weighted by molar-refractivity contribution is 7.80. The zero-order chi connectivity index (χ0) is 15.8. The predicted octanol–water partition coefficient (Wildman–Crippen LogP) is 4.46. The molecular formula is C18H20N2OS2. The van der Waals surface area contributed by atoms with Crippen LogP contribution in [0.2, 0.25) is 0 Å². The van der Waals surface area contributed by atoms with Crippen LogP contribution in [0.5, 0.6) is 5.75 Å². The summed E-state index contributed by atoms with van der Waals surface area (Å²) in [6.45, 7) is 1.01. The molecule has 1 aromatic heterocycles. The lowest BCUT2D eigenvalue weighted by Gasteiger charge is -2.38. The lowest BCUT2D eigenvalue weighted by Crippen LogP contribution is -2.42. The Balaban J connectivity index is 1.53. The van der Waals surface area contributed by atoms with Crippen molar-refractivity contribution in [2.75, 3.05) is 19.0 Å². The van der Waals surface area contributed by atoms with Crippen molar-refractivity contribution in [3.8, 4) is 5.75 Å². The number of hydrogen-bond acceptors (Lipinski definition) is 3. The fourth-order valence-electron chi connectivity index (χ4n) is 3.36. The Morgan fingerprint density at radius 1 is 1.26 bits per heavy atom. The van der Waals surface area contributed by atoms with E-state index in [0.717, 1.165) is 35.4 Å². The van der Waals surface area contributed by atoms with Crippen molar-refractivity contribution in [3.63, 3.8) is 0 Å². The summed E-state index contributed by atoms with van der Waals surface area (Å²) in [6.07, 6.45) is 3.74. The minimum Gasteiger partial charge on any atom is -0.497 e. The van der Waals surface area contributed by atoms with Gasteiger partial charge in [0.15, 0.2) is 5.11 Å². The predicted molar refractivity (Wildman–Crippen MR) is 99.4 cm³/mol. The first-order chi connectivity index (χ1) is 11.3. The number of nitrogens with one attached hydrogen (secondary N) is 1. The SMILES string of the molecule is COc1ccc(NC(=S)N2CCc3sccc3[C@@H]2C2CC2)cc1. The smallest absolute Gasteiger partial charge is 0.173 e. The second-order valence-corrected chi connectivity index (χ2v) is 7.57. The molecule has 1 aliphatic carbocycles. The number of methoxy groups -OCH3 is 1. The number of thiophene rings is 1. The van der Waals surface area contributed by atoms with E-state index in [0.29, 0.717) is 6.04 Å². The lowest BCUT2D eigenvalue weighted by atomic mass is 9.96. The zero-order valence-electron chi connectivity index (χ0n) is 13.1. The van der Waals surface area contributed by atoms with Gasteiger partial charge < -0.3 is 15.0 Å². The van der Waals surface area contributed by atoms with Crippen molar-refractivity contribution in [1.82, 2.24) is 4.90 Å². The van der Waals surface area contributed by atoms with Crippen LogP contribution in [0.3, 0.4) is 0 Å². The highest BCUT2D eigenvalue weighted by Gasteiger charge is 2.40. The molecule has 2 aliphatic rings. The molecule has 0 saturated heterocycles. The average Bonchev–Trinajstić information content (AvgIpc) is 3.30. The van der Waals surface area contributed by atoms with Gasteiger partial charge in [-0.2, -0.15) is 0 Å². The van der Waals surface area contributed by atoms with Crippen LogP contribution in [0.4, 0.5) is 5.69 Å². The monoisotopic (exact) mass is 344 g/mol. The Morgan fingerprint density at radius 2 is 2.04 bits per heavy atom. The summed E-state index contributed by atoms with van der Waals surface area (Å²) < 4.78 is 5.21. The Hall–Kier alpha value is -1.59. The van der Waals surface area contributed by atoms with Crippen molar-refractivity contribution >= 4 is 34.4 Å². The Morgan fingerprint density at radius 3 is 2.74 bits per heavy atom. The standard InChI is InChI=1S/C18H20N2OS2/c1-21-14-6-4-13(5-7-14)19-18(22)20-10-8-16-15(9-11-23-16)17(20)12-2-3-12/h4-7,9,11-12,17H,2-3,8,10H2,1H3,(H,19,22)/t17-/m0/s1. The van der Waals surface area contributed by atoms with Gasteiger partial charge in [-0.15, -0.1) is 11.3 Å². The summed E-state index contributed by atoms with van der Waals surface area (Å²) >= 11 is 7.62. The maximum absolute atomic E-state index is 5.73. The molecule has 3 nitrogen and oxygen atoms in total. The molecule has 0 spiro atoms. The van der Waals surface area contributed by atoms with Crippen LogP contribution in [0, 0.1) is 5.92 Å². The molecule has 2 aromatic rings. The van der Waals surface area contributed by atoms with Gasteiger partial charge in [0, 0.05) is 17.1 Å². The van der Waals surface area contributed by atoms with Gasteiger partial charge in [-0.3, -0.25) is 0 Å². The third-order valence-corrected chi connectivity index (χ3v) is 6.02. The minimum absolute atomic E-state index is 0.461. The van der Waals surface area contributed by atoms with Crippen molar-refractivity contribution in [1.29, 1.82) is 0 Å². The van der Waals surface area contributed by atoms with Gasteiger partial charge in [0.05, 0.1) is 13.2 Å². The van der Waals surface area contributed by atoms with Crippen LogP contribution in [-0.2, 0) is 6.42 Å². The summed E-state index contributed by atoms with van der Waals surface area (Å²) in [5, 5.41) is 6.47. The third kappa shape index (κ3) is 2.95. The van der Waals surface area contributed by atoms with Gasteiger partial charge in [0.1, 0.15) is 5.75 Å². The molecule has 0 amide bonds. The van der Waals surface area contributed by atoms with Crippen LogP contribution in [0.25, 0.3) is 0 Å². The summed E-state index contributed by atoms with van der Waals surface area (Å²) in [4.78, 5) is 3.94. The number of ether oxygens (including phenoxy) is 1. The molecule has 1 atom stereocenters. The maximum atomic E-state index is 5.73. The highest BCUT2D eigenvalue weighted by atomic mass is 32.1. The second kappa shape index (κ2) is 6.13. The van der Waals surface area contributed by atoms with Crippen LogP contribution >= 0.6 is 23.6 Å². The molecule has 0 radical (unpaired) electrons. The first kappa shape index (κ1) is 15.0. The van der Waals surface area contributed by atoms with Crippen molar-refractivity contribution in [2.24, 2.45) is 5.92 Å². The number of rotatable bonds is 3. The molecule has 120 valence electrons. The molecule has 5 heteroatoms. The van der Waals surface area contributed by atoms with Gasteiger partial charge in [-0.05, 0) is 78.7 Å². The number of hydrogen-bond donors (Lipinski definition) is 1. The van der Waals surface area contributed by atoms with E-state index in [9.17, 15) is 0 Å². The van der Waals surface area contributed by atoms with E-state index >= 15 is 0 Å². The molecule has 23 heavy (non-hydrogen) atoms. The van der Waals surface area contributed by atoms with Gasteiger partial charge >= 0.3 is 0 Å².